The van der Waals surface area contributed by atoms with Crippen LogP contribution in [0.2, 0.25) is 5.02 Å². The zero-order chi connectivity index (χ0) is 16.0. The van der Waals surface area contributed by atoms with E-state index < -0.39 is 0 Å². The van der Waals surface area contributed by atoms with Gasteiger partial charge in [0.1, 0.15) is 11.3 Å². The van der Waals surface area contributed by atoms with Crippen LogP contribution in [-0.4, -0.2) is 6.73 Å². The fraction of sp³-hybridized carbons (Fsp3) is 0.167. The number of aryl methyl sites for hydroxylation is 1. The van der Waals surface area contributed by atoms with Gasteiger partial charge in [-0.05, 0) is 42.8 Å². The Labute approximate surface area is 137 Å². The van der Waals surface area contributed by atoms with E-state index in [2.05, 4.69) is 4.90 Å². The molecule has 23 heavy (non-hydrogen) atoms. The molecule has 1 aromatic heterocycles. The number of anilines is 1. The molecule has 0 saturated heterocycles. The largest absolute Gasteiger partial charge is 0.473 e. The SMILES string of the molecule is Cc1cc(=O)oc2c3c(ccc12)OCN(c1cccc(Cl)c1)C3. The van der Waals surface area contributed by atoms with E-state index in [4.69, 9.17) is 20.8 Å². The average Bonchev–Trinajstić information content (AvgIpc) is 2.54. The molecule has 0 radical (unpaired) electrons. The number of nitrogens with zero attached hydrogens (tertiary/aromatic N) is 1. The van der Waals surface area contributed by atoms with Crippen molar-refractivity contribution in [2.45, 2.75) is 13.5 Å². The summed E-state index contributed by atoms with van der Waals surface area (Å²) in [5.41, 5.74) is 3.01. The molecule has 4 rings (SSSR count). The minimum absolute atomic E-state index is 0.344. The van der Waals surface area contributed by atoms with E-state index in [0.29, 0.717) is 23.9 Å². The van der Waals surface area contributed by atoms with E-state index in [1.54, 1.807) is 0 Å². The zero-order valence-electron chi connectivity index (χ0n) is 12.5. The van der Waals surface area contributed by atoms with Gasteiger partial charge in [0.25, 0.3) is 0 Å². The molecule has 0 unspecified atom stereocenters. The van der Waals surface area contributed by atoms with Crippen LogP contribution in [0.15, 0.2) is 51.7 Å². The van der Waals surface area contributed by atoms with Crippen LogP contribution in [0.4, 0.5) is 5.69 Å². The number of fused-ring (bicyclic) bond motifs is 3. The molecule has 0 atom stereocenters. The Hall–Kier alpha value is -2.46. The molecule has 5 heteroatoms. The molecule has 0 amide bonds. The Bertz CT molecular complexity index is 964. The molecule has 1 aliphatic rings. The van der Waals surface area contributed by atoms with Gasteiger partial charge in [-0.25, -0.2) is 4.79 Å². The van der Waals surface area contributed by atoms with Gasteiger partial charge in [0.2, 0.25) is 0 Å². The molecular weight excluding hydrogens is 314 g/mol. The standard InChI is InChI=1S/C18H14ClNO3/c1-11-7-17(21)23-18-14(11)5-6-16-15(18)9-20(10-22-16)13-4-2-3-12(19)8-13/h2-8H,9-10H2,1H3. The predicted molar refractivity (Wildman–Crippen MR) is 90.4 cm³/mol. The van der Waals surface area contributed by atoms with Gasteiger partial charge >= 0.3 is 5.63 Å². The van der Waals surface area contributed by atoms with Gasteiger partial charge in [-0.15, -0.1) is 0 Å². The molecular formula is C18H14ClNO3. The highest BCUT2D eigenvalue weighted by atomic mass is 35.5. The Kier molecular flexibility index (Phi) is 3.27. The van der Waals surface area contributed by atoms with Crippen LogP contribution < -0.4 is 15.3 Å². The highest BCUT2D eigenvalue weighted by Gasteiger charge is 2.22. The summed E-state index contributed by atoms with van der Waals surface area (Å²) in [5, 5.41) is 1.61. The van der Waals surface area contributed by atoms with Crippen molar-refractivity contribution >= 4 is 28.3 Å². The van der Waals surface area contributed by atoms with Crippen LogP contribution in [0, 0.1) is 6.92 Å². The van der Waals surface area contributed by atoms with Crippen LogP contribution in [0.5, 0.6) is 5.75 Å². The van der Waals surface area contributed by atoms with Gasteiger partial charge in [0.05, 0.1) is 12.1 Å². The van der Waals surface area contributed by atoms with E-state index in [-0.39, 0.29) is 5.63 Å². The number of hydrogen-bond donors (Lipinski definition) is 0. The Morgan fingerprint density at radius 1 is 1.17 bits per heavy atom. The summed E-state index contributed by atoms with van der Waals surface area (Å²) in [6.45, 7) is 2.93. The second-order valence-corrected chi connectivity index (χ2v) is 6.06. The highest BCUT2D eigenvalue weighted by Crippen LogP contribution is 2.34. The first kappa shape index (κ1) is 14.2. The van der Waals surface area contributed by atoms with Crippen molar-refractivity contribution in [1.29, 1.82) is 0 Å². The lowest BCUT2D eigenvalue weighted by molar-refractivity contribution is 0.289. The van der Waals surface area contributed by atoms with E-state index in [0.717, 1.165) is 28.0 Å². The Morgan fingerprint density at radius 3 is 2.87 bits per heavy atom. The minimum atomic E-state index is -0.344. The minimum Gasteiger partial charge on any atom is -0.473 e. The molecule has 1 aliphatic heterocycles. The second kappa shape index (κ2) is 5.32. The van der Waals surface area contributed by atoms with Crippen molar-refractivity contribution in [3.05, 3.63) is 69.0 Å². The fourth-order valence-electron chi connectivity index (χ4n) is 2.93. The molecule has 0 spiro atoms. The van der Waals surface area contributed by atoms with Gasteiger partial charge in [-0.1, -0.05) is 17.7 Å². The first-order valence-corrected chi connectivity index (χ1v) is 7.69. The van der Waals surface area contributed by atoms with E-state index in [1.165, 1.54) is 6.07 Å². The number of hydrogen-bond acceptors (Lipinski definition) is 4. The van der Waals surface area contributed by atoms with Crippen molar-refractivity contribution < 1.29 is 9.15 Å². The molecule has 0 aliphatic carbocycles. The van der Waals surface area contributed by atoms with Gasteiger partial charge in [-0.3, -0.25) is 0 Å². The Morgan fingerprint density at radius 2 is 2.04 bits per heavy atom. The van der Waals surface area contributed by atoms with E-state index in [9.17, 15) is 4.79 Å². The topological polar surface area (TPSA) is 42.7 Å². The molecule has 0 fully saturated rings. The summed E-state index contributed by atoms with van der Waals surface area (Å²) in [7, 11) is 0. The first-order chi connectivity index (χ1) is 11.1. The highest BCUT2D eigenvalue weighted by molar-refractivity contribution is 6.30. The number of halogens is 1. The third-order valence-corrected chi connectivity index (χ3v) is 4.31. The lowest BCUT2D eigenvalue weighted by atomic mass is 10.0. The average molecular weight is 328 g/mol. The fourth-order valence-corrected chi connectivity index (χ4v) is 3.11. The molecule has 0 bridgehead atoms. The Balaban J connectivity index is 1.84. The molecule has 0 N–H and O–H groups in total. The van der Waals surface area contributed by atoms with Crippen LogP contribution in [0.3, 0.4) is 0 Å². The lowest BCUT2D eigenvalue weighted by Gasteiger charge is -2.31. The van der Waals surface area contributed by atoms with Crippen LogP contribution in [0.25, 0.3) is 11.0 Å². The summed E-state index contributed by atoms with van der Waals surface area (Å²) in [6, 6.07) is 13.0. The number of ether oxygens (including phenoxy) is 1. The molecule has 2 aromatic carbocycles. The smallest absolute Gasteiger partial charge is 0.336 e. The lowest BCUT2D eigenvalue weighted by Crippen LogP contribution is -2.32. The summed E-state index contributed by atoms with van der Waals surface area (Å²) in [6.07, 6.45) is 0. The molecule has 3 aromatic rings. The summed E-state index contributed by atoms with van der Waals surface area (Å²) >= 11 is 6.07. The van der Waals surface area contributed by atoms with Crippen molar-refractivity contribution in [3.63, 3.8) is 0 Å². The molecule has 116 valence electrons. The van der Waals surface area contributed by atoms with E-state index in [1.807, 2.05) is 43.3 Å². The maximum atomic E-state index is 11.7. The van der Waals surface area contributed by atoms with E-state index >= 15 is 0 Å². The number of benzene rings is 2. The predicted octanol–water partition coefficient (Wildman–Crippen LogP) is 4.11. The first-order valence-electron chi connectivity index (χ1n) is 7.31. The van der Waals surface area contributed by atoms with Crippen molar-refractivity contribution in [2.24, 2.45) is 0 Å². The van der Waals surface area contributed by atoms with Crippen molar-refractivity contribution in [2.75, 3.05) is 11.6 Å². The normalized spacial score (nSPS) is 13.7. The summed E-state index contributed by atoms with van der Waals surface area (Å²) in [5.74, 6) is 0.754. The number of rotatable bonds is 1. The third kappa shape index (κ3) is 2.45. The maximum Gasteiger partial charge on any atom is 0.336 e. The zero-order valence-corrected chi connectivity index (χ0v) is 13.3. The van der Waals surface area contributed by atoms with Gasteiger partial charge < -0.3 is 14.1 Å². The quantitative estimate of drug-likeness (QED) is 0.631. The van der Waals surface area contributed by atoms with Crippen molar-refractivity contribution in [3.8, 4) is 5.75 Å². The van der Waals surface area contributed by atoms with Crippen LogP contribution in [-0.2, 0) is 6.54 Å². The van der Waals surface area contributed by atoms with Gasteiger partial charge in [-0.2, -0.15) is 0 Å². The van der Waals surface area contributed by atoms with Gasteiger partial charge in [0.15, 0.2) is 6.73 Å². The third-order valence-electron chi connectivity index (χ3n) is 4.08. The molecule has 2 heterocycles. The summed E-state index contributed by atoms with van der Waals surface area (Å²) < 4.78 is 11.3. The van der Waals surface area contributed by atoms with Crippen LogP contribution in [0.1, 0.15) is 11.1 Å². The molecule has 0 saturated carbocycles. The van der Waals surface area contributed by atoms with Crippen LogP contribution >= 0.6 is 11.6 Å². The second-order valence-electron chi connectivity index (χ2n) is 5.62. The maximum absolute atomic E-state index is 11.7. The van der Waals surface area contributed by atoms with Gasteiger partial charge in [0, 0.05) is 22.2 Å². The monoisotopic (exact) mass is 327 g/mol. The van der Waals surface area contributed by atoms with Crippen molar-refractivity contribution in [1.82, 2.24) is 0 Å². The molecule has 4 nitrogen and oxygen atoms in total. The summed E-state index contributed by atoms with van der Waals surface area (Å²) in [4.78, 5) is 13.8.